The Labute approximate surface area is 124 Å². The van der Waals surface area contributed by atoms with Crippen molar-refractivity contribution < 1.29 is 13.2 Å². The Kier molecular flexibility index (Phi) is 3.55. The summed E-state index contributed by atoms with van der Waals surface area (Å²) in [5.74, 6) is 1.08. The van der Waals surface area contributed by atoms with Crippen LogP contribution in [0.15, 0.2) is 36.7 Å². The molecule has 0 saturated carbocycles. The van der Waals surface area contributed by atoms with Gasteiger partial charge in [0.05, 0.1) is 18.1 Å². The van der Waals surface area contributed by atoms with Gasteiger partial charge in [0.1, 0.15) is 5.75 Å². The van der Waals surface area contributed by atoms with Gasteiger partial charge in [-0.1, -0.05) is 0 Å². The average molecular weight is 304 g/mol. The van der Waals surface area contributed by atoms with Crippen LogP contribution in [0.4, 0.5) is 5.69 Å². The first-order chi connectivity index (χ1) is 10.0. The maximum absolute atomic E-state index is 11.5. The van der Waals surface area contributed by atoms with E-state index in [0.717, 1.165) is 25.5 Å². The molecule has 1 aromatic heterocycles. The fraction of sp³-hybridized carbons (Fsp3) is 0.267. The number of nitrogens with one attached hydrogen (secondary N) is 1. The zero-order valence-electron chi connectivity index (χ0n) is 11.7. The molecule has 5 nitrogen and oxygen atoms in total. The first-order valence-corrected chi connectivity index (χ1v) is 8.62. The number of rotatable bonds is 4. The van der Waals surface area contributed by atoms with Gasteiger partial charge in [-0.15, -0.1) is 0 Å². The van der Waals surface area contributed by atoms with Crippen LogP contribution in [0.1, 0.15) is 17.5 Å². The summed E-state index contributed by atoms with van der Waals surface area (Å²) in [6.45, 7) is 0. The van der Waals surface area contributed by atoms with E-state index >= 15 is 0 Å². The van der Waals surface area contributed by atoms with Crippen molar-refractivity contribution in [2.24, 2.45) is 0 Å². The van der Waals surface area contributed by atoms with E-state index in [9.17, 15) is 8.42 Å². The second-order valence-corrected chi connectivity index (χ2v) is 6.88. The van der Waals surface area contributed by atoms with Crippen molar-refractivity contribution in [3.05, 3.63) is 47.8 Å². The Morgan fingerprint density at radius 1 is 1.24 bits per heavy atom. The van der Waals surface area contributed by atoms with Gasteiger partial charge in [0.2, 0.25) is 10.0 Å². The minimum absolute atomic E-state index is 0.474. The number of fused-ring (bicyclic) bond motifs is 1. The summed E-state index contributed by atoms with van der Waals surface area (Å²) in [5, 5.41) is 0. The topological polar surface area (TPSA) is 68.3 Å². The van der Waals surface area contributed by atoms with E-state index in [1.165, 1.54) is 11.1 Å². The van der Waals surface area contributed by atoms with Crippen molar-refractivity contribution in [1.82, 2.24) is 4.98 Å². The van der Waals surface area contributed by atoms with Crippen LogP contribution < -0.4 is 9.46 Å². The quantitative estimate of drug-likeness (QED) is 0.943. The van der Waals surface area contributed by atoms with Crippen LogP contribution in [0.2, 0.25) is 0 Å². The lowest BCUT2D eigenvalue weighted by molar-refractivity contribution is 0.482. The number of sulfonamides is 1. The van der Waals surface area contributed by atoms with Gasteiger partial charge in [0.25, 0.3) is 0 Å². The Balaban J connectivity index is 2.00. The van der Waals surface area contributed by atoms with Gasteiger partial charge in [-0.25, -0.2) is 8.42 Å². The van der Waals surface area contributed by atoms with E-state index in [2.05, 4.69) is 9.71 Å². The summed E-state index contributed by atoms with van der Waals surface area (Å²) < 4.78 is 31.4. The van der Waals surface area contributed by atoms with Crippen molar-refractivity contribution in [2.45, 2.75) is 19.3 Å². The number of aryl methyl sites for hydroxylation is 2. The number of anilines is 1. The summed E-state index contributed by atoms with van der Waals surface area (Å²) in [5.41, 5.74) is 2.87. The molecular weight excluding hydrogens is 288 g/mol. The molecule has 1 aromatic carbocycles. The predicted octanol–water partition coefficient (Wildman–Crippen LogP) is 2.73. The summed E-state index contributed by atoms with van der Waals surface area (Å²) in [7, 11) is -3.36. The Hall–Kier alpha value is -2.08. The van der Waals surface area contributed by atoms with Crippen LogP contribution in [-0.4, -0.2) is 19.7 Å². The van der Waals surface area contributed by atoms with Crippen LogP contribution in [0.3, 0.4) is 0 Å². The minimum Gasteiger partial charge on any atom is -0.454 e. The largest absolute Gasteiger partial charge is 0.454 e. The molecule has 6 heteroatoms. The van der Waals surface area contributed by atoms with Crippen molar-refractivity contribution in [2.75, 3.05) is 11.0 Å². The van der Waals surface area contributed by atoms with Crippen LogP contribution >= 0.6 is 0 Å². The van der Waals surface area contributed by atoms with Gasteiger partial charge < -0.3 is 4.74 Å². The number of nitrogens with zero attached hydrogens (tertiary/aromatic N) is 1. The molecule has 0 fully saturated rings. The molecule has 1 heterocycles. The molecule has 0 amide bonds. The van der Waals surface area contributed by atoms with E-state index in [-0.39, 0.29) is 0 Å². The van der Waals surface area contributed by atoms with Gasteiger partial charge in [-0.3, -0.25) is 9.71 Å². The highest BCUT2D eigenvalue weighted by molar-refractivity contribution is 7.92. The summed E-state index contributed by atoms with van der Waals surface area (Å²) in [6, 6.07) is 7.34. The van der Waals surface area contributed by atoms with E-state index < -0.39 is 10.0 Å². The maximum atomic E-state index is 11.5. The standard InChI is InChI=1S/C15H16N2O3S/c1-21(18,19)17-14-8-11-4-2-5-12(11)9-15(14)20-13-6-3-7-16-10-13/h3,6-10,17H,2,4-5H2,1H3. The van der Waals surface area contributed by atoms with Gasteiger partial charge >= 0.3 is 0 Å². The molecule has 0 unspecified atom stereocenters. The third-order valence-electron chi connectivity index (χ3n) is 3.35. The molecule has 0 atom stereocenters. The molecule has 0 aliphatic heterocycles. The maximum Gasteiger partial charge on any atom is 0.229 e. The monoisotopic (exact) mass is 304 g/mol. The molecule has 0 spiro atoms. The zero-order valence-corrected chi connectivity index (χ0v) is 12.5. The fourth-order valence-electron chi connectivity index (χ4n) is 2.50. The molecule has 1 N–H and O–H groups in total. The lowest BCUT2D eigenvalue weighted by atomic mass is 10.1. The molecule has 110 valence electrons. The van der Waals surface area contributed by atoms with Crippen molar-refractivity contribution in [1.29, 1.82) is 0 Å². The van der Waals surface area contributed by atoms with E-state index in [1.807, 2.05) is 12.1 Å². The third-order valence-corrected chi connectivity index (χ3v) is 3.94. The molecule has 0 radical (unpaired) electrons. The molecule has 2 aromatic rings. The molecular formula is C15H16N2O3S. The second kappa shape index (κ2) is 5.37. The van der Waals surface area contributed by atoms with Gasteiger partial charge in [-0.05, 0) is 54.7 Å². The smallest absolute Gasteiger partial charge is 0.229 e. The van der Waals surface area contributed by atoms with Crippen LogP contribution in [-0.2, 0) is 22.9 Å². The SMILES string of the molecule is CS(=O)(=O)Nc1cc2c(cc1Oc1cccnc1)CCC2. The molecule has 3 rings (SSSR count). The highest BCUT2D eigenvalue weighted by Gasteiger charge is 2.18. The van der Waals surface area contributed by atoms with E-state index in [1.54, 1.807) is 24.5 Å². The molecule has 1 aliphatic carbocycles. The lowest BCUT2D eigenvalue weighted by Gasteiger charge is -2.14. The number of aromatic nitrogens is 1. The van der Waals surface area contributed by atoms with Crippen molar-refractivity contribution in [3.8, 4) is 11.5 Å². The number of hydrogen-bond acceptors (Lipinski definition) is 4. The molecule has 21 heavy (non-hydrogen) atoms. The van der Waals surface area contributed by atoms with E-state index in [0.29, 0.717) is 17.2 Å². The number of hydrogen-bond donors (Lipinski definition) is 1. The third kappa shape index (κ3) is 3.33. The zero-order chi connectivity index (χ0) is 14.9. The van der Waals surface area contributed by atoms with Crippen LogP contribution in [0.5, 0.6) is 11.5 Å². The predicted molar refractivity (Wildman–Crippen MR) is 81.2 cm³/mol. The summed E-state index contributed by atoms with van der Waals surface area (Å²) in [4.78, 5) is 3.99. The highest BCUT2D eigenvalue weighted by atomic mass is 32.2. The number of ether oxygens (including phenoxy) is 1. The first kappa shape index (κ1) is 13.9. The number of benzene rings is 1. The highest BCUT2D eigenvalue weighted by Crippen LogP contribution is 2.36. The lowest BCUT2D eigenvalue weighted by Crippen LogP contribution is -2.11. The molecule has 1 aliphatic rings. The van der Waals surface area contributed by atoms with Crippen LogP contribution in [0, 0.1) is 0 Å². The van der Waals surface area contributed by atoms with Gasteiger partial charge in [-0.2, -0.15) is 0 Å². The fourth-order valence-corrected chi connectivity index (χ4v) is 3.06. The minimum atomic E-state index is -3.36. The number of pyridine rings is 1. The molecule has 0 saturated heterocycles. The van der Waals surface area contributed by atoms with Crippen LogP contribution in [0.25, 0.3) is 0 Å². The van der Waals surface area contributed by atoms with Crippen molar-refractivity contribution in [3.63, 3.8) is 0 Å². The van der Waals surface area contributed by atoms with Crippen molar-refractivity contribution >= 4 is 15.7 Å². The van der Waals surface area contributed by atoms with E-state index in [4.69, 9.17) is 4.74 Å². The van der Waals surface area contributed by atoms with Gasteiger partial charge in [0, 0.05) is 6.20 Å². The average Bonchev–Trinajstić information content (AvgIpc) is 2.85. The normalized spacial score (nSPS) is 13.8. The Bertz CT molecular complexity index is 758. The first-order valence-electron chi connectivity index (χ1n) is 6.73. The van der Waals surface area contributed by atoms with Gasteiger partial charge in [0.15, 0.2) is 5.75 Å². The molecule has 0 bridgehead atoms. The Morgan fingerprint density at radius 3 is 2.67 bits per heavy atom. The summed E-state index contributed by atoms with van der Waals surface area (Å²) in [6.07, 6.45) is 7.44. The second-order valence-electron chi connectivity index (χ2n) is 5.14. The summed E-state index contributed by atoms with van der Waals surface area (Å²) >= 11 is 0. The Morgan fingerprint density at radius 2 is 2.00 bits per heavy atom.